The molecule has 0 aliphatic carbocycles. The van der Waals surface area contributed by atoms with Crippen LogP contribution in [0.15, 0.2) is 18.2 Å². The Kier molecular flexibility index (Phi) is 6.31. The van der Waals surface area contributed by atoms with Crippen LogP contribution in [0, 0.1) is 6.92 Å². The molecule has 1 saturated heterocycles. The van der Waals surface area contributed by atoms with Crippen molar-refractivity contribution in [2.45, 2.75) is 38.4 Å². The van der Waals surface area contributed by atoms with E-state index >= 15 is 0 Å². The smallest absolute Gasteiger partial charge is 0.351 e. The summed E-state index contributed by atoms with van der Waals surface area (Å²) >= 11 is 7.14. The van der Waals surface area contributed by atoms with E-state index in [-0.39, 0.29) is 16.5 Å². The summed E-state index contributed by atoms with van der Waals surface area (Å²) in [6.45, 7) is 3.29. The van der Waals surface area contributed by atoms with Crippen molar-refractivity contribution in [3.63, 3.8) is 0 Å². The van der Waals surface area contributed by atoms with Gasteiger partial charge < -0.3 is 10.2 Å². The first kappa shape index (κ1) is 21.1. The van der Waals surface area contributed by atoms with E-state index in [9.17, 15) is 18.0 Å². The Hall–Kier alpha value is -1.64. The monoisotopic (exact) mass is 431 g/mol. The average molecular weight is 432 g/mol. The molecule has 1 unspecified atom stereocenters. The fourth-order valence-electron chi connectivity index (χ4n) is 3.36. The zero-order chi connectivity index (χ0) is 20.5. The number of hydrogen-bond acceptors (Lipinski definition) is 4. The number of nitrogens with zero attached hydrogens (tertiary/aromatic N) is 2. The van der Waals surface area contributed by atoms with Crippen LogP contribution < -0.4 is 5.32 Å². The standard InChI is InChI=1S/C19H21ClF3N3OS/c1-11-16(17(27)24-8-7-13-4-3-9-26(13)2)28-18(25-11)14-10-12(19(21,22)23)5-6-15(14)20/h5-6,10,13H,3-4,7-9H2,1-2H3,(H,24,27). The third kappa shape index (κ3) is 4.67. The Bertz CT molecular complexity index is 869. The number of benzene rings is 1. The third-order valence-electron chi connectivity index (χ3n) is 4.96. The highest BCUT2D eigenvalue weighted by Crippen LogP contribution is 2.38. The van der Waals surface area contributed by atoms with Crippen molar-refractivity contribution < 1.29 is 18.0 Å². The minimum Gasteiger partial charge on any atom is -0.351 e. The Morgan fingerprint density at radius 3 is 2.82 bits per heavy atom. The minimum absolute atomic E-state index is 0.165. The maximum absolute atomic E-state index is 13.0. The van der Waals surface area contributed by atoms with Crippen molar-refractivity contribution in [3.05, 3.63) is 39.4 Å². The number of thiazole rings is 1. The zero-order valence-corrected chi connectivity index (χ0v) is 17.1. The van der Waals surface area contributed by atoms with Gasteiger partial charge in [-0.25, -0.2) is 4.98 Å². The van der Waals surface area contributed by atoms with Gasteiger partial charge in [0, 0.05) is 18.2 Å². The van der Waals surface area contributed by atoms with Gasteiger partial charge in [-0.05, 0) is 58.0 Å². The first-order valence-electron chi connectivity index (χ1n) is 9.00. The van der Waals surface area contributed by atoms with Gasteiger partial charge in [-0.3, -0.25) is 4.79 Å². The van der Waals surface area contributed by atoms with Crippen LogP contribution in [0.5, 0.6) is 0 Å². The van der Waals surface area contributed by atoms with Crippen LogP contribution in [-0.4, -0.2) is 42.0 Å². The van der Waals surface area contributed by atoms with Crippen molar-refractivity contribution in [2.75, 3.05) is 20.1 Å². The first-order chi connectivity index (χ1) is 13.2. The molecule has 1 aliphatic heterocycles. The summed E-state index contributed by atoms with van der Waals surface area (Å²) < 4.78 is 39.0. The molecule has 1 atom stereocenters. The summed E-state index contributed by atoms with van der Waals surface area (Å²) in [7, 11) is 2.08. The molecule has 1 aromatic carbocycles. The molecule has 3 rings (SSSR count). The number of amides is 1. The van der Waals surface area contributed by atoms with Crippen molar-refractivity contribution in [2.24, 2.45) is 0 Å². The van der Waals surface area contributed by atoms with Crippen molar-refractivity contribution in [3.8, 4) is 10.6 Å². The van der Waals surface area contributed by atoms with Crippen LogP contribution in [0.1, 0.15) is 40.2 Å². The zero-order valence-electron chi connectivity index (χ0n) is 15.6. The number of likely N-dealkylation sites (tertiary alicyclic amines) is 1. The summed E-state index contributed by atoms with van der Waals surface area (Å²) in [6.07, 6.45) is -1.31. The topological polar surface area (TPSA) is 45.2 Å². The van der Waals surface area contributed by atoms with Crippen LogP contribution in [0.4, 0.5) is 13.2 Å². The van der Waals surface area contributed by atoms with Gasteiger partial charge in [-0.15, -0.1) is 11.3 Å². The molecular weight excluding hydrogens is 411 g/mol. The highest BCUT2D eigenvalue weighted by Gasteiger charge is 2.31. The van der Waals surface area contributed by atoms with Crippen LogP contribution in [0.25, 0.3) is 10.6 Å². The molecule has 0 saturated carbocycles. The van der Waals surface area contributed by atoms with Crippen LogP contribution in [0.2, 0.25) is 5.02 Å². The Balaban J connectivity index is 1.73. The number of nitrogens with one attached hydrogen (secondary N) is 1. The minimum atomic E-state index is -4.47. The molecule has 4 nitrogen and oxygen atoms in total. The maximum Gasteiger partial charge on any atom is 0.416 e. The van der Waals surface area contributed by atoms with E-state index in [1.54, 1.807) is 6.92 Å². The van der Waals surface area contributed by atoms with E-state index in [2.05, 4.69) is 22.2 Å². The van der Waals surface area contributed by atoms with E-state index in [1.165, 1.54) is 12.5 Å². The van der Waals surface area contributed by atoms with Crippen LogP contribution in [0.3, 0.4) is 0 Å². The van der Waals surface area contributed by atoms with E-state index in [0.29, 0.717) is 28.2 Å². The Morgan fingerprint density at radius 2 is 2.18 bits per heavy atom. The molecule has 1 N–H and O–H groups in total. The predicted molar refractivity (Wildman–Crippen MR) is 105 cm³/mol. The lowest BCUT2D eigenvalue weighted by Crippen LogP contribution is -2.31. The molecule has 0 bridgehead atoms. The van der Waals surface area contributed by atoms with E-state index in [4.69, 9.17) is 11.6 Å². The van der Waals surface area contributed by atoms with Gasteiger partial charge in [-0.1, -0.05) is 11.6 Å². The number of carbonyl (C=O) groups is 1. The molecule has 1 aliphatic rings. The third-order valence-corrected chi connectivity index (χ3v) is 6.48. The number of aromatic nitrogens is 1. The number of rotatable bonds is 5. The lowest BCUT2D eigenvalue weighted by molar-refractivity contribution is -0.137. The quantitative estimate of drug-likeness (QED) is 0.724. The van der Waals surface area contributed by atoms with Gasteiger partial charge in [0.2, 0.25) is 0 Å². The number of alkyl halides is 3. The largest absolute Gasteiger partial charge is 0.416 e. The van der Waals surface area contributed by atoms with Crippen LogP contribution >= 0.6 is 22.9 Å². The lowest BCUT2D eigenvalue weighted by Gasteiger charge is -2.19. The normalized spacial score (nSPS) is 17.9. The summed E-state index contributed by atoms with van der Waals surface area (Å²) in [5, 5.41) is 3.36. The molecule has 1 aromatic heterocycles. The fourth-order valence-corrected chi connectivity index (χ4v) is 4.64. The Labute approximate surface area is 170 Å². The predicted octanol–water partition coefficient (Wildman–Crippen LogP) is 5.00. The fraction of sp³-hybridized carbons (Fsp3) is 0.474. The van der Waals surface area contributed by atoms with Gasteiger partial charge in [0.15, 0.2) is 0 Å². The highest BCUT2D eigenvalue weighted by atomic mass is 35.5. The van der Waals surface area contributed by atoms with Gasteiger partial charge in [0.05, 0.1) is 16.3 Å². The maximum atomic E-state index is 13.0. The molecule has 9 heteroatoms. The van der Waals surface area contributed by atoms with E-state index in [1.807, 2.05) is 0 Å². The molecule has 0 radical (unpaired) electrons. The summed E-state index contributed by atoms with van der Waals surface area (Å²) in [4.78, 5) is 19.5. The number of aryl methyl sites for hydroxylation is 1. The first-order valence-corrected chi connectivity index (χ1v) is 10.2. The van der Waals surface area contributed by atoms with Crippen molar-refractivity contribution in [1.29, 1.82) is 0 Å². The van der Waals surface area contributed by atoms with E-state index < -0.39 is 11.7 Å². The summed E-state index contributed by atoms with van der Waals surface area (Å²) in [6, 6.07) is 3.58. The van der Waals surface area contributed by atoms with Gasteiger partial charge >= 0.3 is 6.18 Å². The average Bonchev–Trinajstić information content (AvgIpc) is 3.20. The number of carbonyl (C=O) groups excluding carboxylic acids is 1. The highest BCUT2D eigenvalue weighted by molar-refractivity contribution is 7.17. The van der Waals surface area contributed by atoms with Crippen molar-refractivity contribution in [1.82, 2.24) is 15.2 Å². The molecule has 2 aromatic rings. The molecule has 152 valence electrons. The van der Waals surface area contributed by atoms with E-state index in [0.717, 1.165) is 42.9 Å². The summed E-state index contributed by atoms with van der Waals surface area (Å²) in [5.41, 5.74) is -0.147. The van der Waals surface area contributed by atoms with Crippen LogP contribution in [-0.2, 0) is 6.18 Å². The van der Waals surface area contributed by atoms with Gasteiger partial charge in [0.25, 0.3) is 5.91 Å². The lowest BCUT2D eigenvalue weighted by atomic mass is 10.1. The second kappa shape index (κ2) is 8.39. The molecule has 2 heterocycles. The van der Waals surface area contributed by atoms with Gasteiger partial charge in [0.1, 0.15) is 9.88 Å². The number of hydrogen-bond donors (Lipinski definition) is 1. The Morgan fingerprint density at radius 1 is 1.43 bits per heavy atom. The van der Waals surface area contributed by atoms with Gasteiger partial charge in [-0.2, -0.15) is 13.2 Å². The molecule has 1 amide bonds. The van der Waals surface area contributed by atoms with Crippen molar-refractivity contribution >= 4 is 28.8 Å². The molecule has 0 spiro atoms. The number of halogens is 4. The molecule has 1 fully saturated rings. The second-order valence-electron chi connectivity index (χ2n) is 6.95. The second-order valence-corrected chi connectivity index (χ2v) is 8.35. The SMILES string of the molecule is Cc1nc(-c2cc(C(F)(F)F)ccc2Cl)sc1C(=O)NCCC1CCCN1C. The summed E-state index contributed by atoms with van der Waals surface area (Å²) in [5.74, 6) is -0.259. The molecular formula is C19H21ClF3N3OS. The molecule has 28 heavy (non-hydrogen) atoms.